The van der Waals surface area contributed by atoms with Gasteiger partial charge in [0, 0.05) is 11.1 Å². The molecule has 0 aliphatic rings. The zero-order valence-corrected chi connectivity index (χ0v) is 14.6. The molecule has 0 radical (unpaired) electrons. The van der Waals surface area contributed by atoms with Crippen LogP contribution < -0.4 is 4.74 Å². The summed E-state index contributed by atoms with van der Waals surface area (Å²) in [6.45, 7) is 0. The van der Waals surface area contributed by atoms with E-state index in [-0.39, 0.29) is 0 Å². The Morgan fingerprint density at radius 2 is 0.880 bits per heavy atom. The van der Waals surface area contributed by atoms with Crippen LogP contribution in [0.5, 0.6) is 11.5 Å². The predicted octanol–water partition coefficient (Wildman–Crippen LogP) is 5.92. The maximum Gasteiger partial charge on any atom is 0.252 e. The van der Waals surface area contributed by atoms with Gasteiger partial charge in [0.05, 0.1) is 0 Å². The molecule has 3 rings (SSSR count). The predicted molar refractivity (Wildman–Crippen MR) is 99.8 cm³/mol. The first-order valence-corrected chi connectivity index (χ1v) is 8.09. The van der Waals surface area contributed by atoms with Crippen LogP contribution in [-0.4, -0.2) is 10.5 Å². The van der Waals surface area contributed by atoms with Crippen LogP contribution in [0.25, 0.3) is 0 Å². The number of hydrogen-bond acceptors (Lipinski definition) is 3. The topological polar surface area (TPSA) is 43.4 Å². The lowest BCUT2D eigenvalue weighted by molar-refractivity contribution is 0.107. The number of rotatable bonds is 4. The van der Waals surface area contributed by atoms with E-state index in [0.717, 1.165) is 11.5 Å². The van der Waals surface area contributed by atoms with Crippen molar-refractivity contribution in [2.45, 2.75) is 0 Å². The first-order chi connectivity index (χ1) is 12.1. The van der Waals surface area contributed by atoms with Crippen LogP contribution in [0, 0.1) is 0 Å². The number of hydrogen-bond donors (Lipinski definition) is 0. The van der Waals surface area contributed by atoms with E-state index in [4.69, 9.17) is 27.9 Å². The lowest BCUT2D eigenvalue weighted by atomic mass is 10.2. The Bertz CT molecular complexity index is 746. The molecule has 0 bridgehead atoms. The monoisotopic (exact) mass is 372 g/mol. The molecule has 0 aliphatic carbocycles. The molecule has 0 heterocycles. The van der Waals surface area contributed by atoms with Gasteiger partial charge in [-0.2, -0.15) is 0 Å². The van der Waals surface area contributed by atoms with Gasteiger partial charge >= 0.3 is 0 Å². The van der Waals surface area contributed by atoms with Crippen molar-refractivity contribution in [1.82, 2.24) is 0 Å². The SMILES string of the molecule is O=C(Cl)c1ccc(C(=O)Cl)cc1.c1ccc(Oc2ccccc2)cc1. The van der Waals surface area contributed by atoms with Crippen LogP contribution in [0.4, 0.5) is 0 Å². The summed E-state index contributed by atoms with van der Waals surface area (Å²) >= 11 is 10.4. The summed E-state index contributed by atoms with van der Waals surface area (Å²) in [5.41, 5.74) is 0.691. The van der Waals surface area contributed by atoms with E-state index in [2.05, 4.69) is 0 Å². The molecule has 0 saturated carbocycles. The molecule has 0 aliphatic heterocycles. The van der Waals surface area contributed by atoms with E-state index >= 15 is 0 Å². The standard InChI is InChI=1S/C12H10O.C8H4Cl2O2/c1-3-7-11(8-4-1)13-12-9-5-2-6-10-12;9-7(11)5-1-2-6(4-3-5)8(10)12/h1-10H;1-4H. The van der Waals surface area contributed by atoms with Gasteiger partial charge < -0.3 is 4.74 Å². The molecule has 0 spiro atoms. The molecule has 0 aromatic heterocycles. The van der Waals surface area contributed by atoms with Crippen molar-refractivity contribution >= 4 is 33.7 Å². The lowest BCUT2D eigenvalue weighted by Gasteiger charge is -2.03. The van der Waals surface area contributed by atoms with Gasteiger partial charge in [-0.15, -0.1) is 0 Å². The second kappa shape index (κ2) is 9.62. The summed E-state index contributed by atoms with van der Waals surface area (Å²) in [7, 11) is 0. The highest BCUT2D eigenvalue weighted by Crippen LogP contribution is 2.19. The quantitative estimate of drug-likeness (QED) is 0.533. The molecule has 3 aromatic carbocycles. The smallest absolute Gasteiger partial charge is 0.252 e. The third kappa shape index (κ3) is 6.42. The van der Waals surface area contributed by atoms with Gasteiger partial charge in [-0.1, -0.05) is 36.4 Å². The van der Waals surface area contributed by atoms with Gasteiger partial charge in [0.1, 0.15) is 11.5 Å². The van der Waals surface area contributed by atoms with E-state index < -0.39 is 10.5 Å². The zero-order valence-electron chi connectivity index (χ0n) is 13.1. The molecular formula is C20H14Cl2O3. The molecular weight excluding hydrogens is 359 g/mol. The molecule has 0 fully saturated rings. The Morgan fingerprint density at radius 1 is 0.560 bits per heavy atom. The summed E-state index contributed by atoms with van der Waals surface area (Å²) in [6.07, 6.45) is 0. The fraction of sp³-hybridized carbons (Fsp3) is 0. The summed E-state index contributed by atoms with van der Waals surface area (Å²) < 4.78 is 5.58. The van der Waals surface area contributed by atoms with Crippen molar-refractivity contribution in [3.05, 3.63) is 96.1 Å². The Labute approximate surface area is 155 Å². The number of halogens is 2. The molecule has 0 unspecified atom stereocenters. The van der Waals surface area contributed by atoms with Gasteiger partial charge in [-0.25, -0.2) is 0 Å². The molecule has 0 amide bonds. The Balaban J connectivity index is 0.000000181. The highest BCUT2D eigenvalue weighted by atomic mass is 35.5. The maximum atomic E-state index is 10.6. The number of para-hydroxylation sites is 2. The van der Waals surface area contributed by atoms with E-state index in [9.17, 15) is 9.59 Å². The van der Waals surface area contributed by atoms with Crippen molar-refractivity contribution in [3.8, 4) is 11.5 Å². The maximum absolute atomic E-state index is 10.6. The van der Waals surface area contributed by atoms with Crippen LogP contribution >= 0.6 is 23.2 Å². The normalized spacial score (nSPS) is 9.52. The first kappa shape index (κ1) is 18.7. The van der Waals surface area contributed by atoms with Crippen molar-refractivity contribution in [2.75, 3.05) is 0 Å². The fourth-order valence-corrected chi connectivity index (χ4v) is 2.10. The van der Waals surface area contributed by atoms with Crippen molar-refractivity contribution in [3.63, 3.8) is 0 Å². The molecule has 5 heteroatoms. The summed E-state index contributed by atoms with van der Waals surface area (Å²) in [6, 6.07) is 25.3. The minimum atomic E-state index is -0.552. The summed E-state index contributed by atoms with van der Waals surface area (Å²) in [5, 5.41) is -1.10. The number of benzene rings is 3. The number of carbonyl (C=O) groups excluding carboxylic acids is 2. The molecule has 0 atom stereocenters. The third-order valence-corrected chi connectivity index (χ3v) is 3.50. The molecule has 25 heavy (non-hydrogen) atoms. The van der Waals surface area contributed by atoms with Crippen LogP contribution in [0.3, 0.4) is 0 Å². The van der Waals surface area contributed by atoms with Gasteiger partial charge in [-0.05, 0) is 71.7 Å². The minimum absolute atomic E-state index is 0.346. The Morgan fingerprint density at radius 3 is 1.16 bits per heavy atom. The van der Waals surface area contributed by atoms with E-state index in [1.165, 1.54) is 24.3 Å². The van der Waals surface area contributed by atoms with E-state index in [1.807, 2.05) is 60.7 Å². The Kier molecular flexibility index (Phi) is 7.20. The third-order valence-electron chi connectivity index (χ3n) is 3.06. The van der Waals surface area contributed by atoms with Crippen LogP contribution in [-0.2, 0) is 0 Å². The molecule has 0 saturated heterocycles. The van der Waals surface area contributed by atoms with E-state index in [0.29, 0.717) is 11.1 Å². The van der Waals surface area contributed by atoms with Gasteiger partial charge in [0.2, 0.25) is 0 Å². The van der Waals surface area contributed by atoms with Gasteiger partial charge in [0.25, 0.3) is 10.5 Å². The lowest BCUT2D eigenvalue weighted by Crippen LogP contribution is -1.92. The molecule has 126 valence electrons. The van der Waals surface area contributed by atoms with Gasteiger partial charge in [0.15, 0.2) is 0 Å². The molecule has 0 N–H and O–H groups in total. The number of ether oxygens (including phenoxy) is 1. The van der Waals surface area contributed by atoms with Crippen LogP contribution in [0.15, 0.2) is 84.9 Å². The summed E-state index contributed by atoms with van der Waals surface area (Å²) in [4.78, 5) is 21.1. The second-order valence-corrected chi connectivity index (χ2v) is 5.54. The highest BCUT2D eigenvalue weighted by molar-refractivity contribution is 6.68. The van der Waals surface area contributed by atoms with Crippen molar-refractivity contribution < 1.29 is 14.3 Å². The average Bonchev–Trinajstić information content (AvgIpc) is 2.64. The zero-order chi connectivity index (χ0) is 18.1. The van der Waals surface area contributed by atoms with Crippen LogP contribution in [0.2, 0.25) is 0 Å². The van der Waals surface area contributed by atoms with Crippen molar-refractivity contribution in [2.24, 2.45) is 0 Å². The van der Waals surface area contributed by atoms with E-state index in [1.54, 1.807) is 0 Å². The van der Waals surface area contributed by atoms with Crippen LogP contribution in [0.1, 0.15) is 20.7 Å². The highest BCUT2D eigenvalue weighted by Gasteiger charge is 2.03. The second-order valence-electron chi connectivity index (χ2n) is 4.85. The Hall–Kier alpha value is -2.62. The largest absolute Gasteiger partial charge is 0.457 e. The van der Waals surface area contributed by atoms with Gasteiger partial charge in [-0.3, -0.25) is 9.59 Å². The average molecular weight is 373 g/mol. The molecule has 3 nitrogen and oxygen atoms in total. The van der Waals surface area contributed by atoms with Crippen molar-refractivity contribution in [1.29, 1.82) is 0 Å². The fourth-order valence-electron chi connectivity index (χ4n) is 1.85. The number of carbonyl (C=O) groups is 2. The first-order valence-electron chi connectivity index (χ1n) is 7.34. The molecule has 3 aromatic rings. The summed E-state index contributed by atoms with van der Waals surface area (Å²) in [5.74, 6) is 1.74. The minimum Gasteiger partial charge on any atom is -0.457 e.